The largest absolute Gasteiger partial charge is 0.352 e. The average Bonchev–Trinajstić information content (AvgIpc) is 3.28. The summed E-state index contributed by atoms with van der Waals surface area (Å²) in [6.07, 6.45) is 6.17. The van der Waals surface area contributed by atoms with Gasteiger partial charge in [0.05, 0.1) is 23.1 Å². The second-order valence-electron chi connectivity index (χ2n) is 6.72. The van der Waals surface area contributed by atoms with Crippen molar-refractivity contribution in [3.05, 3.63) is 65.7 Å². The summed E-state index contributed by atoms with van der Waals surface area (Å²) in [5.41, 5.74) is 3.73. The molecule has 136 valence electrons. The summed E-state index contributed by atoms with van der Waals surface area (Å²) in [6, 6.07) is 10.1. The lowest BCUT2D eigenvalue weighted by atomic mass is 10.0. The molecule has 6 nitrogen and oxygen atoms in total. The summed E-state index contributed by atoms with van der Waals surface area (Å²) in [4.78, 5) is 12.6. The molecular formula is C20H25N5O. The van der Waals surface area contributed by atoms with Crippen LogP contribution in [0.3, 0.4) is 0 Å². The van der Waals surface area contributed by atoms with E-state index in [1.54, 1.807) is 12.4 Å². The van der Waals surface area contributed by atoms with Crippen LogP contribution in [0.2, 0.25) is 0 Å². The SMILES string of the molecule is Cc1ccc(-n2ncc(C(=O)NCCCn3cccn3)c2C(C)C)cc1. The van der Waals surface area contributed by atoms with Gasteiger partial charge in [-0.1, -0.05) is 31.5 Å². The van der Waals surface area contributed by atoms with Crippen LogP contribution in [-0.2, 0) is 6.54 Å². The molecule has 0 saturated carbocycles. The van der Waals surface area contributed by atoms with Gasteiger partial charge in [-0.3, -0.25) is 9.48 Å². The van der Waals surface area contributed by atoms with E-state index < -0.39 is 0 Å². The number of carbonyl (C=O) groups is 1. The molecule has 6 heteroatoms. The van der Waals surface area contributed by atoms with E-state index in [9.17, 15) is 4.79 Å². The van der Waals surface area contributed by atoms with Gasteiger partial charge in [-0.25, -0.2) is 4.68 Å². The summed E-state index contributed by atoms with van der Waals surface area (Å²) in [7, 11) is 0. The van der Waals surface area contributed by atoms with Crippen LogP contribution in [0.4, 0.5) is 0 Å². The fourth-order valence-corrected chi connectivity index (χ4v) is 2.95. The number of nitrogens with one attached hydrogen (secondary N) is 1. The molecular weight excluding hydrogens is 326 g/mol. The molecule has 0 aliphatic heterocycles. The summed E-state index contributed by atoms with van der Waals surface area (Å²) < 4.78 is 3.73. The third kappa shape index (κ3) is 4.02. The molecule has 0 aliphatic rings. The molecule has 1 amide bonds. The molecule has 3 aromatic rings. The second kappa shape index (κ2) is 7.99. The summed E-state index contributed by atoms with van der Waals surface area (Å²) in [5, 5.41) is 11.6. The Morgan fingerprint density at radius 2 is 1.96 bits per heavy atom. The van der Waals surface area contributed by atoms with Gasteiger partial charge < -0.3 is 5.32 Å². The van der Waals surface area contributed by atoms with Crippen molar-refractivity contribution in [2.24, 2.45) is 0 Å². The van der Waals surface area contributed by atoms with Gasteiger partial charge in [-0.05, 0) is 37.5 Å². The van der Waals surface area contributed by atoms with Crippen molar-refractivity contribution in [3.8, 4) is 5.69 Å². The highest BCUT2D eigenvalue weighted by Gasteiger charge is 2.20. The number of aromatic nitrogens is 4. The minimum atomic E-state index is -0.0764. The third-order valence-electron chi connectivity index (χ3n) is 4.29. The Labute approximate surface area is 153 Å². The molecule has 0 fully saturated rings. The van der Waals surface area contributed by atoms with Crippen LogP contribution in [-0.4, -0.2) is 32.0 Å². The van der Waals surface area contributed by atoms with E-state index in [-0.39, 0.29) is 11.8 Å². The Bertz CT molecular complexity index is 847. The lowest BCUT2D eigenvalue weighted by molar-refractivity contribution is 0.0951. The quantitative estimate of drug-likeness (QED) is 0.664. The third-order valence-corrected chi connectivity index (χ3v) is 4.29. The molecule has 3 rings (SSSR count). The molecule has 26 heavy (non-hydrogen) atoms. The molecule has 2 heterocycles. The lowest BCUT2D eigenvalue weighted by Gasteiger charge is -2.13. The highest BCUT2D eigenvalue weighted by molar-refractivity contribution is 5.95. The van der Waals surface area contributed by atoms with Gasteiger partial charge in [0.2, 0.25) is 0 Å². The zero-order valence-electron chi connectivity index (χ0n) is 15.5. The smallest absolute Gasteiger partial charge is 0.254 e. The van der Waals surface area contributed by atoms with Gasteiger partial charge in [0.1, 0.15) is 0 Å². The summed E-state index contributed by atoms with van der Waals surface area (Å²) in [6.45, 7) is 7.60. The number of hydrogen-bond acceptors (Lipinski definition) is 3. The van der Waals surface area contributed by atoms with Gasteiger partial charge >= 0.3 is 0 Å². The molecule has 1 N–H and O–H groups in total. The predicted molar refractivity (Wildman–Crippen MR) is 102 cm³/mol. The zero-order valence-corrected chi connectivity index (χ0v) is 15.5. The van der Waals surface area contributed by atoms with Gasteiger partial charge in [0, 0.05) is 25.5 Å². The molecule has 0 unspecified atom stereocenters. The molecule has 0 aliphatic carbocycles. The van der Waals surface area contributed by atoms with Crippen molar-refractivity contribution in [2.75, 3.05) is 6.54 Å². The van der Waals surface area contributed by atoms with E-state index in [1.165, 1.54) is 5.56 Å². The normalized spacial score (nSPS) is 11.1. The van der Waals surface area contributed by atoms with Crippen molar-refractivity contribution < 1.29 is 4.79 Å². The summed E-state index contributed by atoms with van der Waals surface area (Å²) >= 11 is 0. The monoisotopic (exact) mass is 351 g/mol. The van der Waals surface area contributed by atoms with Crippen molar-refractivity contribution in [2.45, 2.75) is 39.7 Å². The second-order valence-corrected chi connectivity index (χ2v) is 6.72. The van der Waals surface area contributed by atoms with Crippen LogP contribution in [0.1, 0.15) is 47.8 Å². The van der Waals surface area contributed by atoms with Gasteiger partial charge in [-0.15, -0.1) is 0 Å². The van der Waals surface area contributed by atoms with Crippen LogP contribution in [0, 0.1) is 6.92 Å². The first-order chi connectivity index (χ1) is 12.6. The van der Waals surface area contributed by atoms with Crippen molar-refractivity contribution in [1.29, 1.82) is 0 Å². The van der Waals surface area contributed by atoms with Gasteiger partial charge in [0.25, 0.3) is 5.91 Å². The van der Waals surface area contributed by atoms with Gasteiger partial charge in [-0.2, -0.15) is 10.2 Å². The Balaban J connectivity index is 1.70. The van der Waals surface area contributed by atoms with Crippen molar-refractivity contribution in [3.63, 3.8) is 0 Å². The van der Waals surface area contributed by atoms with Crippen LogP contribution >= 0.6 is 0 Å². The predicted octanol–water partition coefficient (Wildman–Crippen LogP) is 3.32. The summed E-state index contributed by atoms with van der Waals surface area (Å²) in [5.74, 6) is 0.108. The standard InChI is InChI=1S/C20H25N5O/c1-15(2)19-18(14-23-25(19)17-8-6-16(3)7-9-17)20(26)21-10-4-12-24-13-5-11-22-24/h5-9,11,13-15H,4,10,12H2,1-3H3,(H,21,26). The van der Waals surface area contributed by atoms with Crippen LogP contribution in [0.5, 0.6) is 0 Å². The van der Waals surface area contributed by atoms with E-state index in [0.29, 0.717) is 12.1 Å². The van der Waals surface area contributed by atoms with E-state index in [1.807, 2.05) is 33.8 Å². The number of benzene rings is 1. The lowest BCUT2D eigenvalue weighted by Crippen LogP contribution is -2.26. The maximum absolute atomic E-state index is 12.6. The maximum atomic E-state index is 12.6. The van der Waals surface area contributed by atoms with Gasteiger partial charge in [0.15, 0.2) is 0 Å². The van der Waals surface area contributed by atoms with Crippen molar-refractivity contribution >= 4 is 5.91 Å². The fraction of sp³-hybridized carbons (Fsp3) is 0.350. The Kier molecular flexibility index (Phi) is 5.51. The highest BCUT2D eigenvalue weighted by atomic mass is 16.1. The van der Waals surface area contributed by atoms with Crippen LogP contribution in [0.25, 0.3) is 5.69 Å². The number of amides is 1. The number of aryl methyl sites for hydroxylation is 2. The first kappa shape index (κ1) is 17.9. The maximum Gasteiger partial charge on any atom is 0.254 e. The zero-order chi connectivity index (χ0) is 18.5. The van der Waals surface area contributed by atoms with E-state index >= 15 is 0 Å². The first-order valence-electron chi connectivity index (χ1n) is 8.97. The molecule has 0 atom stereocenters. The van der Waals surface area contributed by atoms with Crippen LogP contribution < -0.4 is 5.32 Å². The molecule has 2 aromatic heterocycles. The van der Waals surface area contributed by atoms with Crippen LogP contribution in [0.15, 0.2) is 48.9 Å². The molecule has 0 radical (unpaired) electrons. The topological polar surface area (TPSA) is 64.7 Å². The van der Waals surface area contributed by atoms with Crippen molar-refractivity contribution in [1.82, 2.24) is 24.9 Å². The Hall–Kier alpha value is -2.89. The number of rotatable bonds is 7. The fourth-order valence-electron chi connectivity index (χ4n) is 2.95. The molecule has 0 bridgehead atoms. The number of nitrogens with zero attached hydrogens (tertiary/aromatic N) is 4. The minimum Gasteiger partial charge on any atom is -0.352 e. The number of carbonyl (C=O) groups excluding carboxylic acids is 1. The first-order valence-corrected chi connectivity index (χ1v) is 8.97. The number of hydrogen-bond donors (Lipinski definition) is 1. The molecule has 0 saturated heterocycles. The van der Waals surface area contributed by atoms with E-state index in [4.69, 9.17) is 0 Å². The molecule has 0 spiro atoms. The Morgan fingerprint density at radius 1 is 1.19 bits per heavy atom. The van der Waals surface area contributed by atoms with E-state index in [2.05, 4.69) is 48.4 Å². The van der Waals surface area contributed by atoms with E-state index in [0.717, 1.165) is 24.3 Å². The highest BCUT2D eigenvalue weighted by Crippen LogP contribution is 2.23. The molecule has 1 aromatic carbocycles. The average molecular weight is 351 g/mol. The minimum absolute atomic E-state index is 0.0764. The Morgan fingerprint density at radius 3 is 2.62 bits per heavy atom.